The van der Waals surface area contributed by atoms with Crippen molar-refractivity contribution < 1.29 is 9.84 Å². The molecule has 0 saturated carbocycles. The van der Waals surface area contributed by atoms with Crippen molar-refractivity contribution in [2.75, 3.05) is 19.8 Å². The van der Waals surface area contributed by atoms with Gasteiger partial charge >= 0.3 is 0 Å². The molecule has 0 bridgehead atoms. The molecule has 92 valence electrons. The molecular formula is C14H19NO2. The lowest BCUT2D eigenvalue weighted by molar-refractivity contribution is 0.184. The van der Waals surface area contributed by atoms with Crippen molar-refractivity contribution in [2.24, 2.45) is 5.92 Å². The summed E-state index contributed by atoms with van der Waals surface area (Å²) in [4.78, 5) is 0. The van der Waals surface area contributed by atoms with Gasteiger partial charge in [-0.2, -0.15) is 0 Å². The predicted molar refractivity (Wildman–Crippen MR) is 66.1 cm³/mol. The Morgan fingerprint density at radius 1 is 1.35 bits per heavy atom. The molecule has 1 heterocycles. The SMILES string of the molecule is Oc1cccc2c1CCC2NCC1CCOC1. The van der Waals surface area contributed by atoms with E-state index in [0.29, 0.717) is 17.7 Å². The Morgan fingerprint density at radius 2 is 2.29 bits per heavy atom. The predicted octanol–water partition coefficient (Wildman–Crippen LogP) is 2.01. The minimum absolute atomic E-state index is 0.415. The van der Waals surface area contributed by atoms with Gasteiger partial charge in [0.25, 0.3) is 0 Å². The summed E-state index contributed by atoms with van der Waals surface area (Å²) in [5.41, 5.74) is 2.41. The van der Waals surface area contributed by atoms with E-state index >= 15 is 0 Å². The van der Waals surface area contributed by atoms with E-state index in [0.717, 1.165) is 38.2 Å². The van der Waals surface area contributed by atoms with Crippen LogP contribution in [0.1, 0.15) is 30.0 Å². The van der Waals surface area contributed by atoms with Crippen LogP contribution in [0, 0.1) is 5.92 Å². The molecule has 2 unspecified atom stereocenters. The Morgan fingerprint density at radius 3 is 3.12 bits per heavy atom. The van der Waals surface area contributed by atoms with E-state index in [1.165, 1.54) is 12.0 Å². The molecular weight excluding hydrogens is 214 g/mol. The van der Waals surface area contributed by atoms with Crippen molar-refractivity contribution >= 4 is 0 Å². The first kappa shape index (κ1) is 11.1. The van der Waals surface area contributed by atoms with E-state index in [9.17, 15) is 5.11 Å². The molecule has 0 radical (unpaired) electrons. The molecule has 17 heavy (non-hydrogen) atoms. The molecule has 0 aromatic heterocycles. The van der Waals surface area contributed by atoms with Crippen LogP contribution in [0.5, 0.6) is 5.75 Å². The van der Waals surface area contributed by atoms with Crippen molar-refractivity contribution in [2.45, 2.75) is 25.3 Å². The zero-order valence-electron chi connectivity index (χ0n) is 9.98. The van der Waals surface area contributed by atoms with Crippen LogP contribution in [0.3, 0.4) is 0 Å². The summed E-state index contributed by atoms with van der Waals surface area (Å²) in [6, 6.07) is 6.27. The van der Waals surface area contributed by atoms with E-state index in [2.05, 4.69) is 11.4 Å². The first-order valence-electron chi connectivity index (χ1n) is 6.46. The second-order valence-corrected chi connectivity index (χ2v) is 5.07. The van der Waals surface area contributed by atoms with Gasteiger partial charge in [-0.1, -0.05) is 12.1 Å². The van der Waals surface area contributed by atoms with Crippen LogP contribution in [0.2, 0.25) is 0 Å². The standard InChI is InChI=1S/C14H19NO2/c16-14-3-1-2-11-12(14)4-5-13(11)15-8-10-6-7-17-9-10/h1-3,10,13,15-16H,4-9H2. The molecule has 1 aromatic rings. The van der Waals surface area contributed by atoms with Gasteiger partial charge in [-0.05, 0) is 42.4 Å². The molecule has 0 amide bonds. The first-order chi connectivity index (χ1) is 8.34. The summed E-state index contributed by atoms with van der Waals surface area (Å²) >= 11 is 0. The number of nitrogens with one attached hydrogen (secondary N) is 1. The minimum Gasteiger partial charge on any atom is -0.508 e. The number of aromatic hydroxyl groups is 1. The average molecular weight is 233 g/mol. The van der Waals surface area contributed by atoms with Crippen LogP contribution < -0.4 is 5.32 Å². The maximum Gasteiger partial charge on any atom is 0.119 e. The van der Waals surface area contributed by atoms with Gasteiger partial charge in [-0.15, -0.1) is 0 Å². The Balaban J connectivity index is 1.65. The number of rotatable bonds is 3. The third-order valence-electron chi connectivity index (χ3n) is 3.92. The largest absolute Gasteiger partial charge is 0.508 e. The summed E-state index contributed by atoms with van der Waals surface area (Å²) < 4.78 is 5.38. The Bertz CT molecular complexity index is 399. The van der Waals surface area contributed by atoms with Crippen LogP contribution in [-0.2, 0) is 11.2 Å². The number of benzene rings is 1. The van der Waals surface area contributed by atoms with Gasteiger partial charge < -0.3 is 15.2 Å². The molecule has 1 aliphatic heterocycles. The van der Waals surface area contributed by atoms with E-state index in [1.54, 1.807) is 6.07 Å². The Hall–Kier alpha value is -1.06. The van der Waals surface area contributed by atoms with Crippen molar-refractivity contribution in [1.82, 2.24) is 5.32 Å². The normalized spacial score (nSPS) is 27.3. The number of fused-ring (bicyclic) bond motifs is 1. The maximum atomic E-state index is 9.78. The van der Waals surface area contributed by atoms with Gasteiger partial charge in [0.1, 0.15) is 5.75 Å². The number of hydrogen-bond acceptors (Lipinski definition) is 3. The van der Waals surface area contributed by atoms with Gasteiger partial charge in [0.2, 0.25) is 0 Å². The third-order valence-corrected chi connectivity index (χ3v) is 3.92. The molecule has 3 heteroatoms. The molecule has 3 rings (SSSR count). The van der Waals surface area contributed by atoms with Crippen molar-refractivity contribution in [3.63, 3.8) is 0 Å². The Kier molecular flexibility index (Phi) is 3.04. The van der Waals surface area contributed by atoms with Gasteiger partial charge in [0.15, 0.2) is 0 Å². The summed E-state index contributed by atoms with van der Waals surface area (Å²) in [5.74, 6) is 1.12. The first-order valence-corrected chi connectivity index (χ1v) is 6.46. The highest BCUT2D eigenvalue weighted by Crippen LogP contribution is 2.36. The highest BCUT2D eigenvalue weighted by Gasteiger charge is 2.25. The minimum atomic E-state index is 0.415. The number of ether oxygens (including phenoxy) is 1. The highest BCUT2D eigenvalue weighted by molar-refractivity contribution is 5.44. The quantitative estimate of drug-likeness (QED) is 0.839. The molecule has 1 aliphatic carbocycles. The Labute approximate surface area is 102 Å². The van der Waals surface area contributed by atoms with Crippen LogP contribution in [0.25, 0.3) is 0 Å². The fourth-order valence-electron chi connectivity index (χ4n) is 2.90. The fraction of sp³-hybridized carbons (Fsp3) is 0.571. The number of hydrogen-bond donors (Lipinski definition) is 2. The molecule has 3 nitrogen and oxygen atoms in total. The highest BCUT2D eigenvalue weighted by atomic mass is 16.5. The molecule has 0 spiro atoms. The summed E-state index contributed by atoms with van der Waals surface area (Å²) in [7, 11) is 0. The lowest BCUT2D eigenvalue weighted by Crippen LogP contribution is -2.26. The van der Waals surface area contributed by atoms with Crippen LogP contribution in [-0.4, -0.2) is 24.9 Å². The van der Waals surface area contributed by atoms with Crippen LogP contribution in [0.15, 0.2) is 18.2 Å². The molecule has 2 atom stereocenters. The van der Waals surface area contributed by atoms with E-state index in [4.69, 9.17) is 4.74 Å². The zero-order chi connectivity index (χ0) is 11.7. The van der Waals surface area contributed by atoms with Gasteiger partial charge in [0, 0.05) is 19.2 Å². The topological polar surface area (TPSA) is 41.5 Å². The van der Waals surface area contributed by atoms with Crippen molar-refractivity contribution in [3.05, 3.63) is 29.3 Å². The average Bonchev–Trinajstić information content (AvgIpc) is 2.95. The molecule has 2 N–H and O–H groups in total. The molecule has 1 saturated heterocycles. The summed E-state index contributed by atoms with van der Waals surface area (Å²) in [6.07, 6.45) is 3.26. The van der Waals surface area contributed by atoms with E-state index in [-0.39, 0.29) is 0 Å². The van der Waals surface area contributed by atoms with Gasteiger partial charge in [0.05, 0.1) is 6.61 Å². The van der Waals surface area contributed by atoms with Crippen LogP contribution >= 0.6 is 0 Å². The van der Waals surface area contributed by atoms with Crippen molar-refractivity contribution in [1.29, 1.82) is 0 Å². The van der Waals surface area contributed by atoms with E-state index in [1.807, 2.05) is 6.07 Å². The third kappa shape index (κ3) is 2.17. The molecule has 1 aromatic carbocycles. The molecule has 1 fully saturated rings. The number of phenolic OH excluding ortho intramolecular Hbond substituents is 1. The zero-order valence-corrected chi connectivity index (χ0v) is 9.98. The summed E-state index contributed by atoms with van der Waals surface area (Å²) in [6.45, 7) is 2.83. The van der Waals surface area contributed by atoms with Crippen molar-refractivity contribution in [3.8, 4) is 5.75 Å². The second kappa shape index (κ2) is 4.67. The van der Waals surface area contributed by atoms with Gasteiger partial charge in [-0.3, -0.25) is 0 Å². The van der Waals surface area contributed by atoms with Crippen LogP contribution in [0.4, 0.5) is 0 Å². The lowest BCUT2D eigenvalue weighted by atomic mass is 10.1. The fourth-order valence-corrected chi connectivity index (χ4v) is 2.90. The smallest absolute Gasteiger partial charge is 0.119 e. The maximum absolute atomic E-state index is 9.78. The second-order valence-electron chi connectivity index (χ2n) is 5.07. The number of phenols is 1. The molecule has 2 aliphatic rings. The lowest BCUT2D eigenvalue weighted by Gasteiger charge is -2.16. The summed E-state index contributed by atoms with van der Waals surface area (Å²) in [5, 5.41) is 13.4. The van der Waals surface area contributed by atoms with E-state index < -0.39 is 0 Å². The monoisotopic (exact) mass is 233 g/mol. The van der Waals surface area contributed by atoms with Gasteiger partial charge in [-0.25, -0.2) is 0 Å².